The van der Waals surface area contributed by atoms with E-state index in [0.717, 1.165) is 44.0 Å². The Morgan fingerprint density at radius 3 is 2.58 bits per heavy atom. The highest BCUT2D eigenvalue weighted by atomic mass is 16.5. The number of para-hydroxylation sites is 2. The van der Waals surface area contributed by atoms with E-state index < -0.39 is 0 Å². The number of nitrogens with zero attached hydrogens (tertiary/aromatic N) is 2. The van der Waals surface area contributed by atoms with Crippen LogP contribution >= 0.6 is 0 Å². The van der Waals surface area contributed by atoms with Crippen molar-refractivity contribution in [1.82, 2.24) is 4.90 Å². The second kappa shape index (κ2) is 7.01. The summed E-state index contributed by atoms with van der Waals surface area (Å²) in [6, 6.07) is 10.0. The molecule has 1 aromatic carbocycles. The zero-order valence-electron chi connectivity index (χ0n) is 11.3. The number of benzene rings is 1. The van der Waals surface area contributed by atoms with E-state index in [1.165, 1.54) is 0 Å². The Hall–Kier alpha value is -1.73. The molecule has 1 heterocycles. The monoisotopic (exact) mass is 260 g/mol. The number of ether oxygens (including phenoxy) is 2. The second-order valence-corrected chi connectivity index (χ2v) is 4.74. The van der Waals surface area contributed by atoms with Gasteiger partial charge in [0, 0.05) is 12.5 Å². The molecule has 0 N–H and O–H groups in total. The van der Waals surface area contributed by atoms with Crippen LogP contribution in [0.15, 0.2) is 24.3 Å². The summed E-state index contributed by atoms with van der Waals surface area (Å²) in [6.07, 6.45) is 1.95. The van der Waals surface area contributed by atoms with E-state index in [4.69, 9.17) is 14.7 Å². The third-order valence-electron chi connectivity index (χ3n) is 3.50. The van der Waals surface area contributed by atoms with Crippen molar-refractivity contribution in [3.05, 3.63) is 24.3 Å². The maximum absolute atomic E-state index is 8.85. The molecule has 0 unspecified atom stereocenters. The Balaban J connectivity index is 1.74. The Bertz CT molecular complexity index is 434. The number of rotatable bonds is 5. The highest BCUT2D eigenvalue weighted by Gasteiger charge is 2.18. The fraction of sp³-hybridized carbons (Fsp3) is 0.533. The zero-order chi connectivity index (χ0) is 13.5. The molecule has 1 aliphatic heterocycles. The highest BCUT2D eigenvalue weighted by Crippen LogP contribution is 2.25. The molecule has 0 saturated carbocycles. The van der Waals surface area contributed by atoms with Gasteiger partial charge < -0.3 is 9.47 Å². The molecule has 1 aromatic rings. The fourth-order valence-electron chi connectivity index (χ4n) is 2.31. The second-order valence-electron chi connectivity index (χ2n) is 4.74. The predicted molar refractivity (Wildman–Crippen MR) is 73.3 cm³/mol. The third kappa shape index (κ3) is 3.87. The summed E-state index contributed by atoms with van der Waals surface area (Å²) in [5.41, 5.74) is 0. The molecule has 0 aliphatic carbocycles. The van der Waals surface area contributed by atoms with Gasteiger partial charge in [0.25, 0.3) is 0 Å². The van der Waals surface area contributed by atoms with Gasteiger partial charge in [-0.3, -0.25) is 4.90 Å². The number of piperidine rings is 1. The molecule has 2 rings (SSSR count). The van der Waals surface area contributed by atoms with E-state index in [0.29, 0.717) is 6.61 Å². The van der Waals surface area contributed by atoms with Gasteiger partial charge in [0.1, 0.15) is 6.61 Å². The number of hydrogen-bond donors (Lipinski definition) is 0. The molecular formula is C15H20N2O2. The number of methoxy groups -OCH3 is 1. The summed E-state index contributed by atoms with van der Waals surface area (Å²) in [5.74, 6) is 1.80. The molecule has 4 heteroatoms. The van der Waals surface area contributed by atoms with Gasteiger partial charge in [-0.1, -0.05) is 12.1 Å². The lowest BCUT2D eigenvalue weighted by molar-refractivity contribution is 0.167. The van der Waals surface area contributed by atoms with Crippen LogP contribution in [-0.2, 0) is 0 Å². The first kappa shape index (κ1) is 13.7. The first-order valence-electron chi connectivity index (χ1n) is 6.71. The Kier molecular flexibility index (Phi) is 5.05. The summed E-state index contributed by atoms with van der Waals surface area (Å²) in [7, 11) is 1.65. The van der Waals surface area contributed by atoms with Crippen molar-refractivity contribution >= 4 is 0 Å². The predicted octanol–water partition coefficient (Wildman–Crippen LogP) is 2.31. The molecule has 0 aromatic heterocycles. The van der Waals surface area contributed by atoms with Crippen molar-refractivity contribution in [3.8, 4) is 17.6 Å². The molecule has 1 fully saturated rings. The maximum atomic E-state index is 8.85. The normalized spacial score (nSPS) is 16.8. The van der Waals surface area contributed by atoms with E-state index in [-0.39, 0.29) is 5.92 Å². The first-order valence-corrected chi connectivity index (χ1v) is 6.71. The van der Waals surface area contributed by atoms with E-state index in [9.17, 15) is 0 Å². The van der Waals surface area contributed by atoms with E-state index >= 15 is 0 Å². The van der Waals surface area contributed by atoms with Gasteiger partial charge in [-0.25, -0.2) is 0 Å². The smallest absolute Gasteiger partial charge is 0.161 e. The van der Waals surface area contributed by atoms with Crippen LogP contribution in [0.4, 0.5) is 0 Å². The molecule has 0 radical (unpaired) electrons. The fourth-order valence-corrected chi connectivity index (χ4v) is 2.31. The average Bonchev–Trinajstić information content (AvgIpc) is 2.48. The molecule has 0 bridgehead atoms. The summed E-state index contributed by atoms with van der Waals surface area (Å²) >= 11 is 0. The van der Waals surface area contributed by atoms with Gasteiger partial charge >= 0.3 is 0 Å². The van der Waals surface area contributed by atoms with Crippen LogP contribution in [-0.4, -0.2) is 38.3 Å². The van der Waals surface area contributed by atoms with E-state index in [2.05, 4.69) is 11.0 Å². The van der Waals surface area contributed by atoms with Crippen molar-refractivity contribution in [2.75, 3.05) is 33.4 Å². The van der Waals surface area contributed by atoms with Crippen LogP contribution in [0.3, 0.4) is 0 Å². The van der Waals surface area contributed by atoms with Gasteiger partial charge in [-0.15, -0.1) is 0 Å². The van der Waals surface area contributed by atoms with Crippen molar-refractivity contribution < 1.29 is 9.47 Å². The van der Waals surface area contributed by atoms with Crippen molar-refractivity contribution in [3.63, 3.8) is 0 Å². The van der Waals surface area contributed by atoms with E-state index in [1.807, 2.05) is 24.3 Å². The van der Waals surface area contributed by atoms with Crippen LogP contribution in [0.25, 0.3) is 0 Å². The Morgan fingerprint density at radius 1 is 1.26 bits per heavy atom. The topological polar surface area (TPSA) is 45.5 Å². The average molecular weight is 260 g/mol. The quantitative estimate of drug-likeness (QED) is 0.815. The van der Waals surface area contributed by atoms with Crippen molar-refractivity contribution in [2.45, 2.75) is 12.8 Å². The van der Waals surface area contributed by atoms with Gasteiger partial charge in [0.15, 0.2) is 11.5 Å². The lowest BCUT2D eigenvalue weighted by atomic mass is 9.99. The molecule has 0 atom stereocenters. The molecule has 1 saturated heterocycles. The van der Waals surface area contributed by atoms with Crippen molar-refractivity contribution in [2.24, 2.45) is 5.92 Å². The molecule has 0 spiro atoms. The molecule has 102 valence electrons. The standard InChI is InChI=1S/C15H20N2O2/c1-18-14-4-2-3-5-15(14)19-11-10-17-8-6-13(12-16)7-9-17/h2-5,13H,6-11H2,1H3. The molecule has 1 aliphatic rings. The van der Waals surface area contributed by atoms with Crippen LogP contribution in [0, 0.1) is 17.2 Å². The van der Waals surface area contributed by atoms with Crippen molar-refractivity contribution in [1.29, 1.82) is 5.26 Å². The summed E-state index contributed by atoms with van der Waals surface area (Å²) in [4.78, 5) is 2.35. The number of likely N-dealkylation sites (tertiary alicyclic amines) is 1. The Labute approximate surface area is 114 Å². The molecule has 4 nitrogen and oxygen atoms in total. The van der Waals surface area contributed by atoms with Gasteiger partial charge in [-0.2, -0.15) is 5.26 Å². The van der Waals surface area contributed by atoms with Gasteiger partial charge in [0.05, 0.1) is 13.2 Å². The largest absolute Gasteiger partial charge is 0.493 e. The highest BCUT2D eigenvalue weighted by molar-refractivity contribution is 5.39. The minimum absolute atomic E-state index is 0.242. The van der Waals surface area contributed by atoms with E-state index in [1.54, 1.807) is 7.11 Å². The third-order valence-corrected chi connectivity index (χ3v) is 3.50. The zero-order valence-corrected chi connectivity index (χ0v) is 11.3. The minimum Gasteiger partial charge on any atom is -0.493 e. The van der Waals surface area contributed by atoms with Gasteiger partial charge in [0.2, 0.25) is 0 Å². The van der Waals surface area contributed by atoms with Crippen LogP contribution in [0.2, 0.25) is 0 Å². The molecular weight excluding hydrogens is 240 g/mol. The first-order chi connectivity index (χ1) is 9.33. The maximum Gasteiger partial charge on any atom is 0.161 e. The minimum atomic E-state index is 0.242. The van der Waals surface area contributed by atoms with Crippen LogP contribution in [0.1, 0.15) is 12.8 Å². The molecule has 19 heavy (non-hydrogen) atoms. The summed E-state index contributed by atoms with van der Waals surface area (Å²) < 4.78 is 11.0. The SMILES string of the molecule is COc1ccccc1OCCN1CCC(C#N)CC1. The lowest BCUT2D eigenvalue weighted by Gasteiger charge is -2.28. The number of hydrogen-bond acceptors (Lipinski definition) is 4. The Morgan fingerprint density at radius 2 is 1.95 bits per heavy atom. The van der Waals surface area contributed by atoms with Crippen LogP contribution < -0.4 is 9.47 Å². The van der Waals surface area contributed by atoms with Crippen LogP contribution in [0.5, 0.6) is 11.5 Å². The molecule has 0 amide bonds. The lowest BCUT2D eigenvalue weighted by Crippen LogP contribution is -2.36. The van der Waals surface area contributed by atoms with Gasteiger partial charge in [-0.05, 0) is 38.1 Å². The summed E-state index contributed by atoms with van der Waals surface area (Å²) in [6.45, 7) is 3.54. The number of nitriles is 1. The summed E-state index contributed by atoms with van der Waals surface area (Å²) in [5, 5.41) is 8.85.